The Kier molecular flexibility index (Phi) is 8.50. The Morgan fingerprint density at radius 3 is 2.59 bits per heavy atom. The molecule has 0 amide bonds. The van der Waals surface area contributed by atoms with Crippen LogP contribution in [0.3, 0.4) is 0 Å². The first-order valence-corrected chi connectivity index (χ1v) is 11.9. The molecule has 0 bridgehead atoms. The van der Waals surface area contributed by atoms with Crippen LogP contribution in [0.2, 0.25) is 0 Å². The molecule has 27 heavy (non-hydrogen) atoms. The molecule has 0 aromatic heterocycles. The molecule has 0 spiro atoms. The maximum absolute atomic E-state index is 12.5. The van der Waals surface area contributed by atoms with Crippen LogP contribution >= 0.6 is 11.8 Å². The summed E-state index contributed by atoms with van der Waals surface area (Å²) in [4.78, 5) is 5.66. The molecular weight excluding hydrogens is 403 g/mol. The maximum Gasteiger partial charge on any atom is 0.401 e. The number of alkyl halides is 3. The number of thioether (sulfide) groups is 1. The predicted molar refractivity (Wildman–Crippen MR) is 103 cm³/mol. The summed E-state index contributed by atoms with van der Waals surface area (Å²) in [5.74, 6) is 1.99. The maximum atomic E-state index is 12.5. The third-order valence-corrected chi connectivity index (χ3v) is 7.14. The summed E-state index contributed by atoms with van der Waals surface area (Å²) in [6.45, 7) is 3.39. The molecule has 2 saturated heterocycles. The molecule has 0 aliphatic carbocycles. The Bertz CT molecular complexity index is 595. The van der Waals surface area contributed by atoms with Crippen LogP contribution < -0.4 is 10.6 Å². The molecule has 0 saturated carbocycles. The number of nitrogens with one attached hydrogen (secondary N) is 2. The Morgan fingerprint density at radius 1 is 1.26 bits per heavy atom. The highest BCUT2D eigenvalue weighted by atomic mass is 32.2. The van der Waals surface area contributed by atoms with Gasteiger partial charge in [0.2, 0.25) is 10.0 Å². The summed E-state index contributed by atoms with van der Waals surface area (Å²) in [5.41, 5.74) is 0. The van der Waals surface area contributed by atoms with Crippen molar-refractivity contribution >= 4 is 27.7 Å². The molecule has 2 N–H and O–H groups in total. The van der Waals surface area contributed by atoms with E-state index < -0.39 is 22.7 Å². The van der Waals surface area contributed by atoms with Crippen molar-refractivity contribution < 1.29 is 21.6 Å². The smallest absolute Gasteiger partial charge is 0.357 e. The van der Waals surface area contributed by atoms with Crippen LogP contribution in [0.4, 0.5) is 13.2 Å². The van der Waals surface area contributed by atoms with E-state index in [1.54, 1.807) is 11.8 Å². The normalized spacial score (nSPS) is 23.6. The molecule has 2 aliphatic heterocycles. The summed E-state index contributed by atoms with van der Waals surface area (Å²) in [6.07, 6.45) is -3.61. The number of aliphatic imine (C=N–C) groups is 1. The molecule has 1 atom stereocenters. The molecule has 0 aromatic rings. The zero-order valence-corrected chi connectivity index (χ0v) is 17.1. The Balaban J connectivity index is 1.83. The van der Waals surface area contributed by atoms with Gasteiger partial charge in [-0.05, 0) is 13.3 Å². The molecule has 1 unspecified atom stereocenters. The van der Waals surface area contributed by atoms with E-state index in [1.807, 2.05) is 6.92 Å². The standard InChI is InChI=1S/C15H28F3N5O2S2/c1-2-19-14(21-13-3-5-22(11-13)12-15(16,17)18)20-4-10-27(24,25)23-6-8-26-9-7-23/h13H,2-12H2,1H3,(H2,19,20,21). The van der Waals surface area contributed by atoms with E-state index in [1.165, 1.54) is 9.21 Å². The van der Waals surface area contributed by atoms with Gasteiger partial charge in [0, 0.05) is 50.3 Å². The summed E-state index contributed by atoms with van der Waals surface area (Å²) < 4.78 is 63.7. The van der Waals surface area contributed by atoms with E-state index in [2.05, 4.69) is 15.6 Å². The van der Waals surface area contributed by atoms with Crippen LogP contribution in [-0.2, 0) is 10.0 Å². The van der Waals surface area contributed by atoms with E-state index >= 15 is 0 Å². The second kappa shape index (κ2) is 10.2. The number of guanidine groups is 1. The molecule has 2 rings (SSSR count). The van der Waals surface area contributed by atoms with Gasteiger partial charge in [0.25, 0.3) is 0 Å². The number of hydrogen-bond acceptors (Lipinski definition) is 5. The lowest BCUT2D eigenvalue weighted by atomic mass is 10.3. The first kappa shape index (κ1) is 22.6. The fourth-order valence-electron chi connectivity index (χ4n) is 3.09. The third kappa shape index (κ3) is 8.04. The predicted octanol–water partition coefficient (Wildman–Crippen LogP) is 0.557. The molecule has 0 aromatic carbocycles. The fraction of sp³-hybridized carbons (Fsp3) is 0.933. The average molecular weight is 432 g/mol. The van der Waals surface area contributed by atoms with Gasteiger partial charge in [0.1, 0.15) is 0 Å². The molecule has 0 radical (unpaired) electrons. The van der Waals surface area contributed by atoms with Crippen molar-refractivity contribution in [1.29, 1.82) is 0 Å². The largest absolute Gasteiger partial charge is 0.401 e. The molecule has 7 nitrogen and oxygen atoms in total. The van der Waals surface area contributed by atoms with Crippen molar-refractivity contribution in [2.24, 2.45) is 4.99 Å². The number of nitrogens with zero attached hydrogens (tertiary/aromatic N) is 3. The van der Waals surface area contributed by atoms with E-state index in [-0.39, 0.29) is 24.9 Å². The monoisotopic (exact) mass is 431 g/mol. The number of halogens is 3. The van der Waals surface area contributed by atoms with E-state index in [9.17, 15) is 21.6 Å². The highest BCUT2D eigenvalue weighted by molar-refractivity contribution is 7.99. The minimum atomic E-state index is -4.20. The minimum absolute atomic E-state index is 0.0703. The van der Waals surface area contributed by atoms with Gasteiger partial charge in [-0.25, -0.2) is 12.7 Å². The van der Waals surface area contributed by atoms with Crippen LogP contribution in [0.1, 0.15) is 13.3 Å². The van der Waals surface area contributed by atoms with Crippen molar-refractivity contribution in [3.05, 3.63) is 0 Å². The van der Waals surface area contributed by atoms with E-state index in [4.69, 9.17) is 0 Å². The summed E-state index contributed by atoms with van der Waals surface area (Å²) in [7, 11) is -3.33. The fourth-order valence-corrected chi connectivity index (χ4v) is 5.54. The average Bonchev–Trinajstić information content (AvgIpc) is 3.00. The molecule has 2 aliphatic rings. The lowest BCUT2D eigenvalue weighted by Crippen LogP contribution is -2.45. The van der Waals surface area contributed by atoms with Crippen LogP contribution in [0.5, 0.6) is 0 Å². The molecule has 2 heterocycles. The number of sulfonamides is 1. The topological polar surface area (TPSA) is 77.0 Å². The van der Waals surface area contributed by atoms with Gasteiger partial charge in [0.05, 0.1) is 18.8 Å². The van der Waals surface area contributed by atoms with Gasteiger partial charge in [-0.3, -0.25) is 9.89 Å². The van der Waals surface area contributed by atoms with Gasteiger partial charge >= 0.3 is 6.18 Å². The number of likely N-dealkylation sites (tertiary alicyclic amines) is 1. The van der Waals surface area contributed by atoms with Crippen molar-refractivity contribution in [2.45, 2.75) is 25.6 Å². The van der Waals surface area contributed by atoms with Crippen molar-refractivity contribution in [1.82, 2.24) is 19.8 Å². The number of rotatable bonds is 7. The zero-order valence-electron chi connectivity index (χ0n) is 15.5. The Labute approximate surface area is 163 Å². The highest BCUT2D eigenvalue weighted by Gasteiger charge is 2.34. The minimum Gasteiger partial charge on any atom is -0.357 e. The quantitative estimate of drug-likeness (QED) is 0.453. The van der Waals surface area contributed by atoms with E-state index in [0.717, 1.165) is 11.5 Å². The molecule has 12 heteroatoms. The first-order valence-electron chi connectivity index (χ1n) is 9.09. The lowest BCUT2D eigenvalue weighted by molar-refractivity contribution is -0.143. The van der Waals surface area contributed by atoms with Crippen LogP contribution in [0.15, 0.2) is 4.99 Å². The van der Waals surface area contributed by atoms with Gasteiger partial charge in [-0.2, -0.15) is 24.9 Å². The van der Waals surface area contributed by atoms with E-state index in [0.29, 0.717) is 38.6 Å². The summed E-state index contributed by atoms with van der Waals surface area (Å²) in [5, 5.41) is 6.14. The molecule has 2 fully saturated rings. The molecular formula is C15H28F3N5O2S2. The van der Waals surface area contributed by atoms with Crippen LogP contribution in [0.25, 0.3) is 0 Å². The second-order valence-corrected chi connectivity index (χ2v) is 9.88. The molecule has 158 valence electrons. The van der Waals surface area contributed by atoms with Crippen LogP contribution in [0, 0.1) is 0 Å². The number of hydrogen-bond donors (Lipinski definition) is 2. The summed E-state index contributed by atoms with van der Waals surface area (Å²) in [6, 6.07) is -0.138. The van der Waals surface area contributed by atoms with Gasteiger partial charge in [-0.15, -0.1) is 0 Å². The van der Waals surface area contributed by atoms with Crippen molar-refractivity contribution in [3.63, 3.8) is 0 Å². The summed E-state index contributed by atoms with van der Waals surface area (Å²) >= 11 is 1.74. The van der Waals surface area contributed by atoms with Gasteiger partial charge in [-0.1, -0.05) is 0 Å². The third-order valence-electron chi connectivity index (χ3n) is 4.34. The van der Waals surface area contributed by atoms with Crippen molar-refractivity contribution in [3.8, 4) is 0 Å². The zero-order chi connectivity index (χ0) is 19.9. The first-order chi connectivity index (χ1) is 12.7. The Hall–Kier alpha value is -0.720. The Morgan fingerprint density at radius 2 is 1.96 bits per heavy atom. The second-order valence-electron chi connectivity index (χ2n) is 6.57. The van der Waals surface area contributed by atoms with Gasteiger partial charge < -0.3 is 10.6 Å². The van der Waals surface area contributed by atoms with Crippen LogP contribution in [-0.4, -0.2) is 98.9 Å². The SMILES string of the molecule is CCNC(=NCCS(=O)(=O)N1CCSCC1)NC1CCN(CC(F)(F)F)C1. The van der Waals surface area contributed by atoms with Gasteiger partial charge in [0.15, 0.2) is 5.96 Å². The highest BCUT2D eigenvalue weighted by Crippen LogP contribution is 2.20. The lowest BCUT2D eigenvalue weighted by Gasteiger charge is -2.25. The van der Waals surface area contributed by atoms with Crippen molar-refractivity contribution in [2.75, 3.05) is 63.1 Å².